The van der Waals surface area contributed by atoms with Crippen LogP contribution in [0.2, 0.25) is 0 Å². The van der Waals surface area contributed by atoms with Crippen molar-refractivity contribution < 1.29 is 9.52 Å². The van der Waals surface area contributed by atoms with Crippen LogP contribution in [0, 0.1) is 6.92 Å². The molecule has 1 aromatic heterocycles. The highest BCUT2D eigenvalue weighted by atomic mass is 32.2. The molecule has 1 aromatic rings. The average Bonchev–Trinajstić information content (AvgIpc) is 2.59. The van der Waals surface area contributed by atoms with Crippen LogP contribution in [0.4, 0.5) is 0 Å². The van der Waals surface area contributed by atoms with Crippen LogP contribution in [0.15, 0.2) is 15.9 Å². The van der Waals surface area contributed by atoms with Crippen molar-refractivity contribution in [2.75, 3.05) is 19.4 Å². The summed E-state index contributed by atoms with van der Waals surface area (Å²) in [7, 11) is 1.89. The summed E-state index contributed by atoms with van der Waals surface area (Å²) in [5, 5.41) is 12.6. The third-order valence-corrected chi connectivity index (χ3v) is 2.90. The van der Waals surface area contributed by atoms with E-state index in [9.17, 15) is 0 Å². The molecular formula is C9H16N2O2S. The number of oxazole rings is 1. The summed E-state index contributed by atoms with van der Waals surface area (Å²) >= 11 is 1.56. The Morgan fingerprint density at radius 2 is 2.50 bits per heavy atom. The second-order valence-electron chi connectivity index (χ2n) is 3.06. The van der Waals surface area contributed by atoms with E-state index in [0.29, 0.717) is 11.3 Å². The van der Waals surface area contributed by atoms with Crippen molar-refractivity contribution in [3.05, 3.63) is 12.0 Å². The van der Waals surface area contributed by atoms with Crippen LogP contribution < -0.4 is 5.32 Å². The molecule has 1 heterocycles. The van der Waals surface area contributed by atoms with Crippen molar-refractivity contribution >= 4 is 11.8 Å². The van der Waals surface area contributed by atoms with Gasteiger partial charge in [-0.1, -0.05) is 11.8 Å². The van der Waals surface area contributed by atoms with Gasteiger partial charge in [-0.3, -0.25) is 0 Å². The smallest absolute Gasteiger partial charge is 0.255 e. The van der Waals surface area contributed by atoms with Gasteiger partial charge in [-0.25, -0.2) is 4.98 Å². The maximum Gasteiger partial charge on any atom is 0.255 e. The molecule has 0 fully saturated rings. The maximum absolute atomic E-state index is 8.78. The fraction of sp³-hybridized carbons (Fsp3) is 0.667. The third-order valence-electron chi connectivity index (χ3n) is 1.89. The minimum atomic E-state index is 0.205. The molecule has 1 unspecified atom stereocenters. The number of aliphatic hydroxyl groups is 1. The van der Waals surface area contributed by atoms with Gasteiger partial charge in [0.05, 0.1) is 5.69 Å². The third kappa shape index (κ3) is 3.69. The van der Waals surface area contributed by atoms with Gasteiger partial charge in [0, 0.05) is 18.4 Å². The fourth-order valence-corrected chi connectivity index (χ4v) is 2.04. The van der Waals surface area contributed by atoms with Crippen molar-refractivity contribution in [1.82, 2.24) is 10.3 Å². The van der Waals surface area contributed by atoms with Crippen molar-refractivity contribution in [2.45, 2.75) is 24.6 Å². The second kappa shape index (κ2) is 6.06. The van der Waals surface area contributed by atoms with E-state index in [4.69, 9.17) is 9.52 Å². The molecule has 0 bridgehead atoms. The molecule has 0 aliphatic heterocycles. The highest BCUT2D eigenvalue weighted by Gasteiger charge is 2.08. The fourth-order valence-electron chi connectivity index (χ4n) is 1.04. The lowest BCUT2D eigenvalue weighted by Crippen LogP contribution is -2.28. The number of nitrogens with one attached hydrogen (secondary N) is 1. The summed E-state index contributed by atoms with van der Waals surface area (Å²) in [6.45, 7) is 2.10. The summed E-state index contributed by atoms with van der Waals surface area (Å²) in [6, 6.07) is 0.303. The number of nitrogens with zero attached hydrogens (tertiary/aromatic N) is 1. The average molecular weight is 216 g/mol. The molecule has 80 valence electrons. The van der Waals surface area contributed by atoms with Gasteiger partial charge >= 0.3 is 0 Å². The van der Waals surface area contributed by atoms with Gasteiger partial charge < -0.3 is 14.8 Å². The van der Waals surface area contributed by atoms with Gasteiger partial charge in [0.1, 0.15) is 6.26 Å². The Kier molecular flexibility index (Phi) is 5.00. The number of hydrogen-bond acceptors (Lipinski definition) is 5. The Morgan fingerprint density at radius 3 is 3.00 bits per heavy atom. The molecule has 0 spiro atoms. The first-order valence-electron chi connectivity index (χ1n) is 4.59. The molecule has 0 radical (unpaired) electrons. The van der Waals surface area contributed by atoms with Gasteiger partial charge in [0.25, 0.3) is 5.22 Å². The Balaban J connectivity index is 2.31. The summed E-state index contributed by atoms with van der Waals surface area (Å²) in [5.74, 6) is 0.858. The Labute approximate surface area is 88.1 Å². The summed E-state index contributed by atoms with van der Waals surface area (Å²) < 4.78 is 5.20. The van der Waals surface area contributed by atoms with E-state index in [1.165, 1.54) is 0 Å². The molecule has 0 saturated carbocycles. The zero-order chi connectivity index (χ0) is 10.4. The van der Waals surface area contributed by atoms with E-state index in [2.05, 4.69) is 10.3 Å². The second-order valence-corrected chi connectivity index (χ2v) is 4.03. The standard InChI is InChI=1S/C9H16N2O2S/c1-7-5-13-9(11-7)14-6-8(10-2)3-4-12/h5,8,10,12H,3-4,6H2,1-2H3. The van der Waals surface area contributed by atoms with Gasteiger partial charge in [0.2, 0.25) is 0 Å². The first kappa shape index (κ1) is 11.6. The molecular weight excluding hydrogens is 200 g/mol. The molecule has 2 N–H and O–H groups in total. The quantitative estimate of drug-likeness (QED) is 0.696. The van der Waals surface area contributed by atoms with Crippen LogP contribution in [0.5, 0.6) is 0 Å². The van der Waals surface area contributed by atoms with E-state index in [1.54, 1.807) is 18.0 Å². The molecule has 0 aromatic carbocycles. The largest absolute Gasteiger partial charge is 0.440 e. The van der Waals surface area contributed by atoms with E-state index >= 15 is 0 Å². The van der Waals surface area contributed by atoms with Crippen LogP contribution in [-0.2, 0) is 0 Å². The summed E-state index contributed by atoms with van der Waals surface area (Å²) in [5.41, 5.74) is 0.899. The predicted octanol–water partition coefficient (Wildman–Crippen LogP) is 1.05. The lowest BCUT2D eigenvalue weighted by Gasteiger charge is -2.12. The van der Waals surface area contributed by atoms with Crippen molar-refractivity contribution in [3.63, 3.8) is 0 Å². The first-order chi connectivity index (χ1) is 6.76. The normalized spacial score (nSPS) is 13.1. The Hall–Kier alpha value is -0.520. The molecule has 0 amide bonds. The van der Waals surface area contributed by atoms with E-state index in [0.717, 1.165) is 17.9 Å². The zero-order valence-electron chi connectivity index (χ0n) is 8.49. The van der Waals surface area contributed by atoms with Gasteiger partial charge in [0.15, 0.2) is 0 Å². The van der Waals surface area contributed by atoms with Gasteiger partial charge in [-0.15, -0.1) is 0 Å². The van der Waals surface area contributed by atoms with Crippen molar-refractivity contribution in [1.29, 1.82) is 0 Å². The summed E-state index contributed by atoms with van der Waals surface area (Å²) in [6.07, 6.45) is 2.39. The topological polar surface area (TPSA) is 58.3 Å². The molecule has 1 rings (SSSR count). The molecule has 1 atom stereocenters. The van der Waals surface area contributed by atoms with Crippen LogP contribution in [0.3, 0.4) is 0 Å². The van der Waals surface area contributed by atoms with Gasteiger partial charge in [-0.2, -0.15) is 0 Å². The molecule has 0 aliphatic carbocycles. The number of aryl methyl sites for hydroxylation is 1. The molecule has 0 saturated heterocycles. The highest BCUT2D eigenvalue weighted by Crippen LogP contribution is 2.18. The predicted molar refractivity (Wildman–Crippen MR) is 56.5 cm³/mol. The van der Waals surface area contributed by atoms with Crippen LogP contribution in [0.1, 0.15) is 12.1 Å². The zero-order valence-corrected chi connectivity index (χ0v) is 9.30. The van der Waals surface area contributed by atoms with Crippen LogP contribution in [0.25, 0.3) is 0 Å². The number of aliphatic hydroxyl groups excluding tert-OH is 1. The Bertz CT molecular complexity index is 265. The number of hydrogen-bond donors (Lipinski definition) is 2. The Morgan fingerprint density at radius 1 is 1.71 bits per heavy atom. The number of thioether (sulfide) groups is 1. The summed E-state index contributed by atoms with van der Waals surface area (Å²) in [4.78, 5) is 4.18. The molecule has 0 aliphatic rings. The highest BCUT2D eigenvalue weighted by molar-refractivity contribution is 7.99. The maximum atomic E-state index is 8.78. The first-order valence-corrected chi connectivity index (χ1v) is 5.58. The van der Waals surface area contributed by atoms with Crippen LogP contribution >= 0.6 is 11.8 Å². The number of rotatable bonds is 6. The van der Waals surface area contributed by atoms with E-state index < -0.39 is 0 Å². The molecule has 5 heteroatoms. The van der Waals surface area contributed by atoms with Gasteiger partial charge in [-0.05, 0) is 20.4 Å². The SMILES string of the molecule is CNC(CCO)CSc1nc(C)co1. The number of aromatic nitrogens is 1. The lowest BCUT2D eigenvalue weighted by molar-refractivity contribution is 0.273. The van der Waals surface area contributed by atoms with Crippen molar-refractivity contribution in [2.24, 2.45) is 0 Å². The molecule has 14 heavy (non-hydrogen) atoms. The lowest BCUT2D eigenvalue weighted by atomic mass is 10.2. The van der Waals surface area contributed by atoms with E-state index in [-0.39, 0.29) is 6.61 Å². The minimum Gasteiger partial charge on any atom is -0.440 e. The molecule has 4 nitrogen and oxygen atoms in total. The van der Waals surface area contributed by atoms with Crippen molar-refractivity contribution in [3.8, 4) is 0 Å². The monoisotopic (exact) mass is 216 g/mol. The van der Waals surface area contributed by atoms with Crippen LogP contribution in [-0.4, -0.2) is 35.5 Å². The minimum absolute atomic E-state index is 0.205. The van der Waals surface area contributed by atoms with E-state index in [1.807, 2.05) is 14.0 Å².